The number of anilines is 2. The van der Waals surface area contributed by atoms with Crippen molar-refractivity contribution < 1.29 is 19.5 Å². The van der Waals surface area contributed by atoms with Crippen LogP contribution in [0.2, 0.25) is 4.34 Å². The highest BCUT2D eigenvalue weighted by Gasteiger charge is 2.15. The Kier molecular flexibility index (Phi) is 6.31. The van der Waals surface area contributed by atoms with Crippen molar-refractivity contribution >= 4 is 52.1 Å². The number of benzene rings is 2. The molecule has 2 amide bonds. The molecule has 0 fully saturated rings. The first-order valence-corrected chi connectivity index (χ1v) is 9.84. The normalized spacial score (nSPS) is 11.5. The maximum atomic E-state index is 12.6. The van der Waals surface area contributed by atoms with Crippen molar-refractivity contribution in [3.63, 3.8) is 0 Å². The number of halogens is 1. The maximum absolute atomic E-state index is 12.6. The molecule has 0 spiro atoms. The molecule has 0 bridgehead atoms. The third kappa shape index (κ3) is 5.22. The van der Waals surface area contributed by atoms with Gasteiger partial charge in [0.1, 0.15) is 0 Å². The highest BCUT2D eigenvalue weighted by atomic mass is 35.5. The number of carbonyl (C=O) groups excluding carboxylic acids is 2. The van der Waals surface area contributed by atoms with Crippen LogP contribution in [0.4, 0.5) is 11.4 Å². The Bertz CT molecular complexity index is 1080. The van der Waals surface area contributed by atoms with Gasteiger partial charge in [0.25, 0.3) is 11.8 Å². The number of carboxylic acid groups (broad SMARTS) is 1. The minimum atomic E-state index is -0.941. The first-order chi connectivity index (χ1) is 13.8. The van der Waals surface area contributed by atoms with Gasteiger partial charge < -0.3 is 15.7 Å². The van der Waals surface area contributed by atoms with E-state index in [9.17, 15) is 14.4 Å². The van der Waals surface area contributed by atoms with E-state index in [0.717, 1.165) is 0 Å². The molecule has 3 rings (SSSR count). The van der Waals surface area contributed by atoms with Crippen molar-refractivity contribution in [1.82, 2.24) is 0 Å². The fraction of sp³-hybridized carbons (Fsp3) is 0.0952. The third-order valence-corrected chi connectivity index (χ3v) is 5.42. The molecule has 2 aromatic carbocycles. The number of aliphatic carboxylic acids is 1. The number of amides is 2. The largest absolute Gasteiger partial charge is 0.481 e. The van der Waals surface area contributed by atoms with Crippen LogP contribution in [-0.2, 0) is 4.79 Å². The molecule has 3 N–H and O–H groups in total. The monoisotopic (exact) mass is 428 g/mol. The van der Waals surface area contributed by atoms with Crippen molar-refractivity contribution in [2.24, 2.45) is 0 Å². The number of rotatable bonds is 6. The smallest absolute Gasteiger partial charge is 0.310 e. The van der Waals surface area contributed by atoms with Crippen LogP contribution in [0.1, 0.15) is 38.4 Å². The molecule has 29 heavy (non-hydrogen) atoms. The summed E-state index contributed by atoms with van der Waals surface area (Å²) in [6.07, 6.45) is 0. The number of carboxylic acids is 1. The molecule has 1 atom stereocenters. The molecule has 148 valence electrons. The van der Waals surface area contributed by atoms with E-state index in [2.05, 4.69) is 10.6 Å². The number of carbonyl (C=O) groups is 3. The Balaban J connectivity index is 1.72. The predicted octanol–water partition coefficient (Wildman–Crippen LogP) is 5.09. The summed E-state index contributed by atoms with van der Waals surface area (Å²) in [5.74, 6) is -2.31. The maximum Gasteiger partial charge on any atom is 0.310 e. The zero-order chi connectivity index (χ0) is 21.0. The molecule has 1 heterocycles. The summed E-state index contributed by atoms with van der Waals surface area (Å²) >= 11 is 7.02. The lowest BCUT2D eigenvalue weighted by atomic mass is 10.0. The third-order valence-electron chi connectivity index (χ3n) is 4.19. The summed E-state index contributed by atoms with van der Waals surface area (Å²) in [6, 6.07) is 16.5. The first-order valence-electron chi connectivity index (χ1n) is 8.64. The van der Waals surface area contributed by atoms with Crippen LogP contribution >= 0.6 is 22.9 Å². The van der Waals surface area contributed by atoms with Gasteiger partial charge in [0, 0.05) is 16.9 Å². The number of hydrogen-bond acceptors (Lipinski definition) is 4. The van der Waals surface area contributed by atoms with Crippen LogP contribution in [-0.4, -0.2) is 22.9 Å². The Morgan fingerprint density at radius 2 is 1.59 bits per heavy atom. The minimum absolute atomic E-state index is 0.310. The summed E-state index contributed by atoms with van der Waals surface area (Å²) in [4.78, 5) is 36.5. The number of hydrogen-bond donors (Lipinski definition) is 3. The number of thiophene rings is 1. The van der Waals surface area contributed by atoms with E-state index in [4.69, 9.17) is 16.7 Å². The van der Waals surface area contributed by atoms with Crippen molar-refractivity contribution in [3.8, 4) is 0 Å². The highest BCUT2D eigenvalue weighted by molar-refractivity contribution is 7.18. The zero-order valence-electron chi connectivity index (χ0n) is 15.3. The molecule has 1 aromatic heterocycles. The van der Waals surface area contributed by atoms with Crippen molar-refractivity contribution in [2.45, 2.75) is 12.8 Å². The van der Waals surface area contributed by atoms with Crippen LogP contribution in [0.3, 0.4) is 0 Å². The van der Waals surface area contributed by atoms with E-state index in [1.807, 2.05) is 0 Å². The second-order valence-corrected chi connectivity index (χ2v) is 7.99. The Hall–Kier alpha value is -3.16. The van der Waals surface area contributed by atoms with Gasteiger partial charge in [-0.1, -0.05) is 29.8 Å². The Labute approximate surface area is 176 Å². The van der Waals surface area contributed by atoms with Crippen LogP contribution in [0.25, 0.3) is 0 Å². The van der Waals surface area contributed by atoms with E-state index >= 15 is 0 Å². The highest BCUT2D eigenvalue weighted by Crippen LogP contribution is 2.23. The SMILES string of the molecule is CC(C(=O)O)c1cccc(NC(=O)c2cccc(NC(=O)c3ccc(Cl)s3)c2)c1. The topological polar surface area (TPSA) is 95.5 Å². The molecule has 0 saturated carbocycles. The van der Waals surface area contributed by atoms with Crippen LogP contribution in [0.15, 0.2) is 60.7 Å². The fourth-order valence-electron chi connectivity index (χ4n) is 2.60. The molecule has 8 heteroatoms. The molecule has 0 aliphatic carbocycles. The van der Waals surface area contributed by atoms with E-state index in [-0.39, 0.29) is 11.8 Å². The number of nitrogens with one attached hydrogen (secondary N) is 2. The van der Waals surface area contributed by atoms with Gasteiger partial charge in [-0.25, -0.2) is 0 Å². The van der Waals surface area contributed by atoms with Gasteiger partial charge in [-0.2, -0.15) is 0 Å². The second-order valence-electron chi connectivity index (χ2n) is 6.28. The van der Waals surface area contributed by atoms with Crippen molar-refractivity contribution in [2.75, 3.05) is 10.6 Å². The standard InChI is InChI=1S/C21H17ClN2O4S/c1-12(21(27)28)13-4-2-6-15(10-13)23-19(25)14-5-3-7-16(11-14)24-20(26)17-8-9-18(22)29-17/h2-12H,1H3,(H,23,25)(H,24,26)(H,27,28). The first kappa shape index (κ1) is 20.6. The van der Waals surface area contributed by atoms with E-state index in [1.165, 1.54) is 11.3 Å². The minimum Gasteiger partial charge on any atom is -0.481 e. The fourth-order valence-corrected chi connectivity index (χ4v) is 3.54. The Morgan fingerprint density at radius 1 is 0.931 bits per heavy atom. The molecule has 6 nitrogen and oxygen atoms in total. The second kappa shape index (κ2) is 8.89. The van der Waals surface area contributed by atoms with Crippen LogP contribution in [0, 0.1) is 0 Å². The average Bonchev–Trinajstić information content (AvgIpc) is 3.14. The molecular formula is C21H17ClN2O4S. The van der Waals surface area contributed by atoms with Crippen molar-refractivity contribution in [1.29, 1.82) is 0 Å². The summed E-state index contributed by atoms with van der Waals surface area (Å²) in [5.41, 5.74) is 1.90. The van der Waals surface area contributed by atoms with E-state index < -0.39 is 11.9 Å². The van der Waals surface area contributed by atoms with Gasteiger partial charge in [0.15, 0.2) is 0 Å². The summed E-state index contributed by atoms with van der Waals surface area (Å²) in [7, 11) is 0. The van der Waals surface area contributed by atoms with Crippen LogP contribution < -0.4 is 10.6 Å². The predicted molar refractivity (Wildman–Crippen MR) is 114 cm³/mol. The molecule has 3 aromatic rings. The summed E-state index contributed by atoms with van der Waals surface area (Å²) in [5, 5.41) is 14.6. The molecular weight excluding hydrogens is 412 g/mol. The van der Waals surface area contributed by atoms with Gasteiger partial charge in [-0.3, -0.25) is 14.4 Å². The zero-order valence-corrected chi connectivity index (χ0v) is 16.9. The van der Waals surface area contributed by atoms with Crippen molar-refractivity contribution in [3.05, 3.63) is 81.0 Å². The molecule has 0 saturated heterocycles. The molecule has 0 aliphatic heterocycles. The molecule has 0 radical (unpaired) electrons. The quantitative estimate of drug-likeness (QED) is 0.509. The lowest BCUT2D eigenvalue weighted by molar-refractivity contribution is -0.138. The lowest BCUT2D eigenvalue weighted by Crippen LogP contribution is -2.14. The lowest BCUT2D eigenvalue weighted by Gasteiger charge is -2.11. The molecule has 1 unspecified atom stereocenters. The van der Waals surface area contributed by atoms with E-state index in [0.29, 0.717) is 31.7 Å². The van der Waals surface area contributed by atoms with Gasteiger partial charge in [0.2, 0.25) is 0 Å². The van der Waals surface area contributed by atoms with E-state index in [1.54, 1.807) is 67.6 Å². The Morgan fingerprint density at radius 3 is 2.24 bits per heavy atom. The average molecular weight is 429 g/mol. The van der Waals surface area contributed by atoms with Gasteiger partial charge >= 0.3 is 5.97 Å². The van der Waals surface area contributed by atoms with Gasteiger partial charge in [-0.05, 0) is 55.0 Å². The van der Waals surface area contributed by atoms with Gasteiger partial charge in [0.05, 0.1) is 15.1 Å². The molecule has 0 aliphatic rings. The van der Waals surface area contributed by atoms with Crippen LogP contribution in [0.5, 0.6) is 0 Å². The van der Waals surface area contributed by atoms with Gasteiger partial charge in [-0.15, -0.1) is 11.3 Å². The summed E-state index contributed by atoms with van der Waals surface area (Å²) in [6.45, 7) is 1.58. The summed E-state index contributed by atoms with van der Waals surface area (Å²) < 4.78 is 0.516.